The normalized spacial score (nSPS) is 24.1. The summed E-state index contributed by atoms with van der Waals surface area (Å²) in [6.07, 6.45) is 8.50. The number of pyridine rings is 1. The molecule has 0 aliphatic heterocycles. The molecule has 1 fully saturated rings. The second-order valence-electron chi connectivity index (χ2n) is 5.32. The van der Waals surface area contributed by atoms with Gasteiger partial charge in [0.25, 0.3) is 5.56 Å². The van der Waals surface area contributed by atoms with E-state index in [0.29, 0.717) is 6.04 Å². The van der Waals surface area contributed by atoms with Crippen LogP contribution in [0.2, 0.25) is 0 Å². The van der Waals surface area contributed by atoms with Crippen molar-refractivity contribution in [2.45, 2.75) is 51.6 Å². The van der Waals surface area contributed by atoms with E-state index in [0.717, 1.165) is 19.0 Å². The molecule has 1 aliphatic carbocycles. The third kappa shape index (κ3) is 3.70. The topological polar surface area (TPSA) is 34.0 Å². The van der Waals surface area contributed by atoms with Gasteiger partial charge in [-0.15, -0.1) is 0 Å². The van der Waals surface area contributed by atoms with E-state index < -0.39 is 0 Å². The van der Waals surface area contributed by atoms with Crippen molar-refractivity contribution in [3.05, 3.63) is 34.7 Å². The molecule has 1 aromatic rings. The van der Waals surface area contributed by atoms with Crippen LogP contribution in [-0.2, 0) is 6.54 Å². The van der Waals surface area contributed by atoms with Crippen molar-refractivity contribution < 1.29 is 0 Å². The van der Waals surface area contributed by atoms with Crippen LogP contribution in [0.4, 0.5) is 0 Å². The summed E-state index contributed by atoms with van der Waals surface area (Å²) in [7, 11) is 0. The van der Waals surface area contributed by atoms with Crippen LogP contribution in [0.15, 0.2) is 29.2 Å². The highest BCUT2D eigenvalue weighted by molar-refractivity contribution is 4.93. The van der Waals surface area contributed by atoms with Crippen LogP contribution < -0.4 is 10.9 Å². The maximum Gasteiger partial charge on any atom is 0.250 e. The molecule has 1 saturated carbocycles. The summed E-state index contributed by atoms with van der Waals surface area (Å²) in [5.41, 5.74) is 0.0920. The molecule has 1 aromatic heterocycles. The minimum atomic E-state index is 0.0920. The minimum absolute atomic E-state index is 0.0920. The summed E-state index contributed by atoms with van der Waals surface area (Å²) in [4.78, 5) is 11.5. The quantitative estimate of drug-likeness (QED) is 0.868. The van der Waals surface area contributed by atoms with Gasteiger partial charge in [0.2, 0.25) is 0 Å². The molecule has 2 atom stereocenters. The van der Waals surface area contributed by atoms with Gasteiger partial charge in [0, 0.05) is 31.4 Å². The number of nitrogens with zero attached hydrogens (tertiary/aromatic N) is 1. The van der Waals surface area contributed by atoms with Gasteiger partial charge < -0.3 is 9.88 Å². The highest BCUT2D eigenvalue weighted by Gasteiger charge is 2.19. The molecule has 2 rings (SSSR count). The van der Waals surface area contributed by atoms with Crippen LogP contribution in [0.5, 0.6) is 0 Å². The number of nitrogens with one attached hydrogen (secondary N) is 1. The summed E-state index contributed by atoms with van der Waals surface area (Å²) in [5, 5.41) is 3.60. The Morgan fingerprint density at radius 2 is 2.28 bits per heavy atom. The zero-order valence-electron chi connectivity index (χ0n) is 11.3. The van der Waals surface area contributed by atoms with Crippen molar-refractivity contribution in [2.75, 3.05) is 6.54 Å². The van der Waals surface area contributed by atoms with Gasteiger partial charge in [-0.3, -0.25) is 4.79 Å². The highest BCUT2D eigenvalue weighted by Crippen LogP contribution is 2.26. The SMILES string of the molecule is CCC1CCCC(NCCn2ccccc2=O)C1. The molecule has 100 valence electrons. The van der Waals surface area contributed by atoms with Crippen molar-refractivity contribution in [3.63, 3.8) is 0 Å². The fourth-order valence-electron chi connectivity index (χ4n) is 2.88. The molecule has 0 amide bonds. The fraction of sp³-hybridized carbons (Fsp3) is 0.667. The first-order chi connectivity index (χ1) is 8.79. The molecule has 0 bridgehead atoms. The molecule has 0 spiro atoms. The van der Waals surface area contributed by atoms with Gasteiger partial charge in [-0.25, -0.2) is 0 Å². The first-order valence-corrected chi connectivity index (χ1v) is 7.18. The van der Waals surface area contributed by atoms with Gasteiger partial charge in [0.05, 0.1) is 0 Å². The lowest BCUT2D eigenvalue weighted by Crippen LogP contribution is -2.37. The van der Waals surface area contributed by atoms with Crippen LogP contribution in [0.1, 0.15) is 39.0 Å². The van der Waals surface area contributed by atoms with E-state index >= 15 is 0 Å². The number of aromatic nitrogens is 1. The summed E-state index contributed by atoms with van der Waals surface area (Å²) >= 11 is 0. The molecule has 3 nitrogen and oxygen atoms in total. The Labute approximate surface area is 109 Å². The van der Waals surface area contributed by atoms with Crippen molar-refractivity contribution in [1.82, 2.24) is 9.88 Å². The third-order valence-electron chi connectivity index (χ3n) is 4.04. The van der Waals surface area contributed by atoms with E-state index in [1.54, 1.807) is 16.7 Å². The smallest absolute Gasteiger partial charge is 0.250 e. The summed E-state index contributed by atoms with van der Waals surface area (Å²) < 4.78 is 1.77. The lowest BCUT2D eigenvalue weighted by molar-refractivity contribution is 0.277. The van der Waals surface area contributed by atoms with Gasteiger partial charge in [-0.2, -0.15) is 0 Å². The number of hydrogen-bond donors (Lipinski definition) is 1. The summed E-state index contributed by atoms with van der Waals surface area (Å²) in [6.45, 7) is 3.95. The maximum atomic E-state index is 11.5. The Balaban J connectivity index is 1.75. The van der Waals surface area contributed by atoms with Crippen molar-refractivity contribution in [3.8, 4) is 0 Å². The molecular weight excluding hydrogens is 224 g/mol. The van der Waals surface area contributed by atoms with Crippen LogP contribution in [0, 0.1) is 5.92 Å². The van der Waals surface area contributed by atoms with Gasteiger partial charge in [0.15, 0.2) is 0 Å². The van der Waals surface area contributed by atoms with Crippen LogP contribution in [-0.4, -0.2) is 17.2 Å². The van der Waals surface area contributed by atoms with E-state index in [-0.39, 0.29) is 5.56 Å². The van der Waals surface area contributed by atoms with E-state index in [1.165, 1.54) is 32.1 Å². The molecule has 0 saturated heterocycles. The number of rotatable bonds is 5. The summed E-state index contributed by atoms with van der Waals surface area (Å²) in [5.74, 6) is 0.899. The third-order valence-corrected chi connectivity index (χ3v) is 4.04. The Bertz CT molecular complexity index is 413. The Hall–Kier alpha value is -1.09. The zero-order chi connectivity index (χ0) is 12.8. The Morgan fingerprint density at radius 1 is 1.39 bits per heavy atom. The molecule has 1 N–H and O–H groups in total. The monoisotopic (exact) mass is 248 g/mol. The average molecular weight is 248 g/mol. The van der Waals surface area contributed by atoms with Crippen molar-refractivity contribution >= 4 is 0 Å². The van der Waals surface area contributed by atoms with Crippen LogP contribution in [0.3, 0.4) is 0 Å². The van der Waals surface area contributed by atoms with Crippen LogP contribution in [0.25, 0.3) is 0 Å². The van der Waals surface area contributed by atoms with E-state index in [4.69, 9.17) is 0 Å². The Kier molecular flexibility index (Phi) is 5.00. The van der Waals surface area contributed by atoms with Gasteiger partial charge in [0.1, 0.15) is 0 Å². The molecule has 18 heavy (non-hydrogen) atoms. The lowest BCUT2D eigenvalue weighted by Gasteiger charge is -2.29. The average Bonchev–Trinajstić information content (AvgIpc) is 2.41. The molecule has 1 aliphatic rings. The Morgan fingerprint density at radius 3 is 3.06 bits per heavy atom. The summed E-state index contributed by atoms with van der Waals surface area (Å²) in [6, 6.07) is 5.98. The predicted octanol–water partition coefficient (Wildman–Crippen LogP) is 2.41. The molecule has 2 unspecified atom stereocenters. The van der Waals surface area contributed by atoms with Gasteiger partial charge in [-0.1, -0.05) is 32.3 Å². The second-order valence-corrected chi connectivity index (χ2v) is 5.32. The van der Waals surface area contributed by atoms with Gasteiger partial charge in [-0.05, 0) is 24.8 Å². The standard InChI is InChI=1S/C15H24N2O/c1-2-13-6-5-7-14(12-13)16-9-11-17-10-4-3-8-15(17)18/h3-4,8,10,13-14,16H,2,5-7,9,11-12H2,1H3. The van der Waals surface area contributed by atoms with Crippen molar-refractivity contribution in [2.24, 2.45) is 5.92 Å². The predicted molar refractivity (Wildman–Crippen MR) is 74.7 cm³/mol. The first-order valence-electron chi connectivity index (χ1n) is 7.18. The highest BCUT2D eigenvalue weighted by atomic mass is 16.1. The maximum absolute atomic E-state index is 11.5. The van der Waals surface area contributed by atoms with Crippen LogP contribution >= 0.6 is 0 Å². The molecule has 0 radical (unpaired) electrons. The molecule has 0 aromatic carbocycles. The number of hydrogen-bond acceptors (Lipinski definition) is 2. The largest absolute Gasteiger partial charge is 0.314 e. The van der Waals surface area contributed by atoms with Gasteiger partial charge >= 0.3 is 0 Å². The second kappa shape index (κ2) is 6.74. The lowest BCUT2D eigenvalue weighted by atomic mass is 9.84. The van der Waals surface area contributed by atoms with Crippen molar-refractivity contribution in [1.29, 1.82) is 0 Å². The molecule has 1 heterocycles. The molecular formula is C15H24N2O. The van der Waals surface area contributed by atoms with E-state index in [9.17, 15) is 4.79 Å². The zero-order valence-corrected chi connectivity index (χ0v) is 11.3. The first kappa shape index (κ1) is 13.3. The fourth-order valence-corrected chi connectivity index (χ4v) is 2.88. The van der Waals surface area contributed by atoms with E-state index in [2.05, 4.69) is 12.2 Å². The minimum Gasteiger partial charge on any atom is -0.314 e. The molecule has 3 heteroatoms. The van der Waals surface area contributed by atoms with E-state index in [1.807, 2.05) is 12.3 Å².